The third-order valence-electron chi connectivity index (χ3n) is 5.52. The number of hydrogen-bond donors (Lipinski definition) is 1. The number of nitrogens with one attached hydrogen (secondary N) is 1. The van der Waals surface area contributed by atoms with Crippen LogP contribution in [0.15, 0.2) is 54.6 Å². The largest absolute Gasteiger partial charge is 0.497 e. The number of carbonyl (C=O) groups is 1. The first kappa shape index (κ1) is 20.6. The Balaban J connectivity index is 1.58. The molecule has 0 bridgehead atoms. The molecule has 0 aliphatic heterocycles. The molecule has 2 aromatic carbocycles. The molecule has 0 saturated carbocycles. The Morgan fingerprint density at radius 3 is 2.55 bits per heavy atom. The summed E-state index contributed by atoms with van der Waals surface area (Å²) in [5.74, 6) is 0.663. The maximum absolute atomic E-state index is 12.5. The van der Waals surface area contributed by atoms with Gasteiger partial charge in [-0.3, -0.25) is 4.79 Å². The fourth-order valence-electron chi connectivity index (χ4n) is 3.94. The van der Waals surface area contributed by atoms with Crippen LogP contribution in [-0.4, -0.2) is 27.6 Å². The second kappa shape index (κ2) is 8.60. The number of ether oxygens (including phenoxy) is 1. The molecule has 0 spiro atoms. The van der Waals surface area contributed by atoms with Gasteiger partial charge >= 0.3 is 0 Å². The minimum atomic E-state index is -0.0474. The average molecular weight is 415 g/mol. The van der Waals surface area contributed by atoms with Gasteiger partial charge in [0.2, 0.25) is 5.91 Å². The summed E-state index contributed by atoms with van der Waals surface area (Å²) in [6.45, 7) is 6.05. The van der Waals surface area contributed by atoms with E-state index in [1.165, 1.54) is 0 Å². The van der Waals surface area contributed by atoms with Gasteiger partial charge in [0.05, 0.1) is 12.8 Å². The Bertz CT molecular complexity index is 1250. The van der Waals surface area contributed by atoms with Crippen molar-refractivity contribution in [2.24, 2.45) is 0 Å². The number of methoxy groups -OCH3 is 1. The van der Waals surface area contributed by atoms with Crippen molar-refractivity contribution < 1.29 is 9.53 Å². The molecule has 0 aliphatic carbocycles. The van der Waals surface area contributed by atoms with Crippen LogP contribution in [0.25, 0.3) is 16.8 Å². The molecule has 2 aromatic heterocycles. The van der Waals surface area contributed by atoms with E-state index in [1.807, 2.05) is 61.7 Å². The smallest absolute Gasteiger partial charge is 0.224 e. The predicted molar refractivity (Wildman–Crippen MR) is 123 cm³/mol. The van der Waals surface area contributed by atoms with Crippen molar-refractivity contribution in [2.45, 2.75) is 33.6 Å². The molecule has 0 aliphatic rings. The van der Waals surface area contributed by atoms with E-state index in [-0.39, 0.29) is 5.91 Å². The second-order valence-electron chi connectivity index (χ2n) is 7.60. The van der Waals surface area contributed by atoms with Crippen LogP contribution in [0.2, 0.25) is 0 Å². The van der Waals surface area contributed by atoms with Gasteiger partial charge in [0.1, 0.15) is 5.75 Å². The van der Waals surface area contributed by atoms with Gasteiger partial charge in [-0.05, 0) is 50.5 Å². The van der Waals surface area contributed by atoms with E-state index >= 15 is 0 Å². The van der Waals surface area contributed by atoms with Gasteiger partial charge in [-0.15, -0.1) is 0 Å². The number of anilines is 1. The normalized spacial score (nSPS) is 11.0. The van der Waals surface area contributed by atoms with Crippen molar-refractivity contribution >= 4 is 17.2 Å². The van der Waals surface area contributed by atoms with E-state index in [9.17, 15) is 4.79 Å². The zero-order valence-corrected chi connectivity index (χ0v) is 18.3. The molecular formula is C25H26N4O2. The lowest BCUT2D eigenvalue weighted by Crippen LogP contribution is -2.14. The Hall–Kier alpha value is -3.67. The molecule has 2 heterocycles. The predicted octanol–water partition coefficient (Wildman–Crippen LogP) is 4.90. The number of carbonyl (C=O) groups excluding carboxylic acids is 1. The summed E-state index contributed by atoms with van der Waals surface area (Å²) >= 11 is 0. The van der Waals surface area contributed by atoms with Crippen molar-refractivity contribution in [3.63, 3.8) is 0 Å². The van der Waals surface area contributed by atoms with Crippen LogP contribution in [-0.2, 0) is 11.2 Å². The van der Waals surface area contributed by atoms with Crippen LogP contribution < -0.4 is 10.1 Å². The Morgan fingerprint density at radius 1 is 1.03 bits per heavy atom. The molecule has 0 atom stereocenters. The Morgan fingerprint density at radius 2 is 1.81 bits per heavy atom. The van der Waals surface area contributed by atoms with Gasteiger partial charge in [-0.2, -0.15) is 5.10 Å². The molecule has 4 aromatic rings. The van der Waals surface area contributed by atoms with E-state index in [0.29, 0.717) is 18.6 Å². The van der Waals surface area contributed by atoms with Crippen molar-refractivity contribution in [1.82, 2.24) is 14.6 Å². The van der Waals surface area contributed by atoms with Crippen molar-refractivity contribution in [3.05, 3.63) is 77.2 Å². The number of fused-ring (bicyclic) bond motifs is 1. The highest BCUT2D eigenvalue weighted by Crippen LogP contribution is 2.29. The molecule has 31 heavy (non-hydrogen) atoms. The topological polar surface area (TPSA) is 68.5 Å². The first-order chi connectivity index (χ1) is 15.0. The number of amides is 1. The highest BCUT2D eigenvalue weighted by atomic mass is 16.5. The van der Waals surface area contributed by atoms with Crippen LogP contribution in [0, 0.1) is 20.8 Å². The molecule has 6 nitrogen and oxygen atoms in total. The van der Waals surface area contributed by atoms with Gasteiger partial charge in [0, 0.05) is 35.1 Å². The van der Waals surface area contributed by atoms with Crippen molar-refractivity contribution in [1.29, 1.82) is 0 Å². The summed E-state index contributed by atoms with van der Waals surface area (Å²) < 4.78 is 7.12. The van der Waals surface area contributed by atoms with Crippen molar-refractivity contribution in [2.75, 3.05) is 12.4 Å². The lowest BCUT2D eigenvalue weighted by atomic mass is 10.0. The molecular weight excluding hydrogens is 388 g/mol. The zero-order valence-electron chi connectivity index (χ0n) is 18.3. The number of aromatic nitrogens is 3. The Kier molecular flexibility index (Phi) is 5.71. The van der Waals surface area contributed by atoms with Crippen LogP contribution in [0.1, 0.15) is 29.1 Å². The van der Waals surface area contributed by atoms with Crippen LogP contribution >= 0.6 is 0 Å². The SMILES string of the molecule is COc1cccc(NC(=O)CCc2c(C)nc3c(-c4ccccc4)c(C)nn3c2C)c1. The fraction of sp³-hybridized carbons (Fsp3) is 0.240. The summed E-state index contributed by atoms with van der Waals surface area (Å²) in [4.78, 5) is 17.4. The third-order valence-corrected chi connectivity index (χ3v) is 5.52. The molecule has 0 radical (unpaired) electrons. The minimum absolute atomic E-state index is 0.0474. The van der Waals surface area contributed by atoms with Crippen LogP contribution in [0.5, 0.6) is 5.75 Å². The van der Waals surface area contributed by atoms with Gasteiger partial charge in [-0.25, -0.2) is 9.50 Å². The molecule has 0 fully saturated rings. The van der Waals surface area contributed by atoms with E-state index < -0.39 is 0 Å². The highest BCUT2D eigenvalue weighted by molar-refractivity contribution is 5.91. The van der Waals surface area contributed by atoms with E-state index in [4.69, 9.17) is 14.8 Å². The molecule has 158 valence electrons. The maximum Gasteiger partial charge on any atom is 0.224 e. The van der Waals surface area contributed by atoms with Gasteiger partial charge < -0.3 is 10.1 Å². The van der Waals surface area contributed by atoms with Gasteiger partial charge in [-0.1, -0.05) is 36.4 Å². The summed E-state index contributed by atoms with van der Waals surface area (Å²) in [5.41, 5.74) is 7.66. The number of nitrogens with zero attached hydrogens (tertiary/aromatic N) is 3. The first-order valence-corrected chi connectivity index (χ1v) is 10.3. The molecule has 6 heteroatoms. The van der Waals surface area contributed by atoms with E-state index in [1.54, 1.807) is 13.2 Å². The standard InChI is InChI=1S/C25H26N4O2/c1-16-22(13-14-23(30)27-20-11-8-12-21(15-20)31-4)18(3)29-25(26-16)24(17(2)28-29)19-9-6-5-7-10-19/h5-12,15H,13-14H2,1-4H3,(H,27,30). The molecule has 1 N–H and O–H groups in total. The Labute approximate surface area is 181 Å². The lowest BCUT2D eigenvalue weighted by Gasteiger charge is -2.12. The average Bonchev–Trinajstić information content (AvgIpc) is 3.10. The first-order valence-electron chi connectivity index (χ1n) is 10.3. The molecule has 4 rings (SSSR count). The molecule has 0 saturated heterocycles. The van der Waals surface area contributed by atoms with Gasteiger partial charge in [0.15, 0.2) is 5.65 Å². The number of benzene rings is 2. The summed E-state index contributed by atoms with van der Waals surface area (Å²) in [7, 11) is 1.61. The summed E-state index contributed by atoms with van der Waals surface area (Å²) in [5, 5.41) is 7.68. The monoisotopic (exact) mass is 414 g/mol. The minimum Gasteiger partial charge on any atom is -0.497 e. The highest BCUT2D eigenvalue weighted by Gasteiger charge is 2.18. The third kappa shape index (κ3) is 4.14. The summed E-state index contributed by atoms with van der Waals surface area (Å²) in [6, 6.07) is 17.6. The number of rotatable bonds is 6. The van der Waals surface area contributed by atoms with Crippen molar-refractivity contribution in [3.8, 4) is 16.9 Å². The van der Waals surface area contributed by atoms with E-state index in [2.05, 4.69) is 17.4 Å². The quantitative estimate of drug-likeness (QED) is 0.487. The fourth-order valence-corrected chi connectivity index (χ4v) is 3.94. The van der Waals surface area contributed by atoms with Gasteiger partial charge in [0.25, 0.3) is 0 Å². The molecule has 1 amide bonds. The second-order valence-corrected chi connectivity index (χ2v) is 7.60. The number of aryl methyl sites for hydroxylation is 3. The molecule has 0 unspecified atom stereocenters. The lowest BCUT2D eigenvalue weighted by molar-refractivity contribution is -0.116. The summed E-state index contributed by atoms with van der Waals surface area (Å²) in [6.07, 6.45) is 0.952. The maximum atomic E-state index is 12.5. The zero-order chi connectivity index (χ0) is 22.0. The number of hydrogen-bond acceptors (Lipinski definition) is 4. The van der Waals surface area contributed by atoms with Crippen LogP contribution in [0.4, 0.5) is 5.69 Å². The van der Waals surface area contributed by atoms with Crippen LogP contribution in [0.3, 0.4) is 0 Å². The van der Waals surface area contributed by atoms with E-state index in [0.717, 1.165) is 45.1 Å².